The van der Waals surface area contributed by atoms with Crippen molar-refractivity contribution in [3.05, 3.63) is 152 Å². The van der Waals surface area contributed by atoms with Crippen LogP contribution in [0.1, 0.15) is 0 Å². The van der Waals surface area contributed by atoms with Gasteiger partial charge in [0.05, 0.1) is 0 Å². The molecule has 11 rings (SSSR count). The summed E-state index contributed by atoms with van der Waals surface area (Å²) in [6.07, 6.45) is 0. The quantitative estimate of drug-likeness (QED) is 0.188. The lowest BCUT2D eigenvalue weighted by Crippen LogP contribution is -2.01. The van der Waals surface area contributed by atoms with Gasteiger partial charge in [-0.1, -0.05) is 133 Å². The van der Waals surface area contributed by atoms with E-state index in [1.165, 1.54) is 51.1 Å². The van der Waals surface area contributed by atoms with Crippen LogP contribution in [-0.4, -0.2) is 15.0 Å². The first-order valence-corrected chi connectivity index (χ1v) is 18.3. The van der Waals surface area contributed by atoms with E-state index in [9.17, 15) is 0 Å². The molecule has 0 aliphatic rings. The minimum Gasteiger partial charge on any atom is -0.208 e. The zero-order chi connectivity index (χ0) is 32.8. The molecule has 3 heterocycles. The number of fused-ring (bicyclic) bond motifs is 6. The fourth-order valence-corrected chi connectivity index (χ4v) is 10.2. The van der Waals surface area contributed by atoms with E-state index in [2.05, 4.69) is 152 Å². The van der Waals surface area contributed by atoms with E-state index in [0.717, 1.165) is 38.2 Å². The summed E-state index contributed by atoms with van der Waals surface area (Å²) in [7, 11) is 0. The molecule has 0 spiro atoms. The molecule has 0 aliphatic heterocycles. The number of hydrogen-bond acceptors (Lipinski definition) is 5. The van der Waals surface area contributed by atoms with E-state index in [-0.39, 0.29) is 0 Å². The summed E-state index contributed by atoms with van der Waals surface area (Å²) in [4.78, 5) is 15.7. The molecule has 3 nitrogen and oxygen atoms in total. The van der Waals surface area contributed by atoms with Crippen LogP contribution in [0.5, 0.6) is 0 Å². The van der Waals surface area contributed by atoms with Crippen molar-refractivity contribution in [3.8, 4) is 34.2 Å². The van der Waals surface area contributed by atoms with Crippen LogP contribution in [-0.2, 0) is 0 Å². The third-order valence-electron chi connectivity index (χ3n) is 9.90. The molecule has 232 valence electrons. The highest BCUT2D eigenvalue weighted by molar-refractivity contribution is 7.29. The highest BCUT2D eigenvalue weighted by Crippen LogP contribution is 2.47. The van der Waals surface area contributed by atoms with Gasteiger partial charge in [0.1, 0.15) is 0 Å². The molecule has 5 heteroatoms. The average Bonchev–Trinajstić information content (AvgIpc) is 3.49. The van der Waals surface area contributed by atoms with Crippen LogP contribution in [0.15, 0.2) is 152 Å². The minimum atomic E-state index is 0.670. The van der Waals surface area contributed by atoms with Crippen LogP contribution in [0.3, 0.4) is 0 Å². The number of rotatable bonds is 3. The number of hydrogen-bond donors (Lipinski definition) is 0. The second kappa shape index (κ2) is 10.7. The molecule has 0 saturated heterocycles. The Bertz CT molecular complexity index is 3060. The maximum atomic E-state index is 5.27. The SMILES string of the molecule is c1ccc2c(-c3nc(-c4cc5sc6cccc7c8ccc9ccccc9c8sc(c4)c5c67)nc(-c4cccc5ccccc45)n3)cccc2c1. The van der Waals surface area contributed by atoms with Crippen molar-refractivity contribution in [1.29, 1.82) is 0 Å². The zero-order valence-electron chi connectivity index (χ0n) is 26.6. The van der Waals surface area contributed by atoms with Crippen molar-refractivity contribution in [2.75, 3.05) is 0 Å². The van der Waals surface area contributed by atoms with Gasteiger partial charge in [-0.15, -0.1) is 22.7 Å². The van der Waals surface area contributed by atoms with Crippen LogP contribution in [0, 0.1) is 0 Å². The standard InChI is InChI=1S/C45H25N3S2/c1-4-15-30-26(10-1)13-7-19-35(30)44-46-43(47-45(48-44)36-20-8-14-27-11-2-5-16-31(27)36)29-24-38-41-39(25-29)50-42-32-17-6-3-12-28(32)22-23-34(42)33-18-9-21-37(49-38)40(33)41/h1-25H. The summed E-state index contributed by atoms with van der Waals surface area (Å²) in [5.41, 5.74) is 2.98. The Hall–Kier alpha value is -6.01. The molecule has 0 aliphatic carbocycles. The predicted octanol–water partition coefficient (Wildman–Crippen LogP) is 13.1. The summed E-state index contributed by atoms with van der Waals surface area (Å²) < 4.78 is 5.05. The number of aromatic nitrogens is 3. The fourth-order valence-electron chi connectivity index (χ4n) is 7.61. The largest absolute Gasteiger partial charge is 0.208 e. The Morgan fingerprint density at radius 3 is 1.54 bits per heavy atom. The van der Waals surface area contributed by atoms with Gasteiger partial charge in [0.2, 0.25) is 0 Å². The molecular formula is C45H25N3S2. The highest BCUT2D eigenvalue weighted by atomic mass is 32.1. The van der Waals surface area contributed by atoms with E-state index in [1.54, 1.807) is 0 Å². The Kier molecular flexibility index (Phi) is 5.99. The monoisotopic (exact) mass is 671 g/mol. The molecule has 0 amide bonds. The predicted molar refractivity (Wildman–Crippen MR) is 214 cm³/mol. The average molecular weight is 672 g/mol. The lowest BCUT2D eigenvalue weighted by atomic mass is 10.0. The van der Waals surface area contributed by atoms with Crippen molar-refractivity contribution in [2.24, 2.45) is 0 Å². The molecule has 0 unspecified atom stereocenters. The van der Waals surface area contributed by atoms with Gasteiger partial charge in [-0.2, -0.15) is 0 Å². The molecular weight excluding hydrogens is 647 g/mol. The van der Waals surface area contributed by atoms with Gasteiger partial charge in [0.25, 0.3) is 0 Å². The van der Waals surface area contributed by atoms with Crippen LogP contribution in [0.25, 0.3) is 107 Å². The Balaban J connectivity index is 1.25. The van der Waals surface area contributed by atoms with Crippen LogP contribution in [0.2, 0.25) is 0 Å². The molecule has 3 aromatic heterocycles. The van der Waals surface area contributed by atoms with Crippen LogP contribution < -0.4 is 0 Å². The molecule has 11 aromatic rings. The summed E-state index contributed by atoms with van der Waals surface area (Å²) in [5, 5.41) is 12.3. The van der Waals surface area contributed by atoms with Crippen LogP contribution in [0.4, 0.5) is 0 Å². The van der Waals surface area contributed by atoms with E-state index in [4.69, 9.17) is 15.0 Å². The van der Waals surface area contributed by atoms with Gasteiger partial charge < -0.3 is 0 Å². The molecule has 0 N–H and O–H groups in total. The lowest BCUT2D eigenvalue weighted by Gasteiger charge is -2.12. The first kappa shape index (κ1) is 27.9. The van der Waals surface area contributed by atoms with Gasteiger partial charge >= 0.3 is 0 Å². The molecule has 0 radical (unpaired) electrons. The van der Waals surface area contributed by atoms with Crippen LogP contribution >= 0.6 is 22.7 Å². The van der Waals surface area contributed by atoms with E-state index >= 15 is 0 Å². The maximum Gasteiger partial charge on any atom is 0.164 e. The lowest BCUT2D eigenvalue weighted by molar-refractivity contribution is 1.08. The zero-order valence-corrected chi connectivity index (χ0v) is 28.2. The van der Waals surface area contributed by atoms with Crippen molar-refractivity contribution < 1.29 is 0 Å². The third-order valence-corrected chi connectivity index (χ3v) is 12.2. The van der Waals surface area contributed by atoms with Crippen molar-refractivity contribution in [2.45, 2.75) is 0 Å². The van der Waals surface area contributed by atoms with Crippen molar-refractivity contribution in [3.63, 3.8) is 0 Å². The number of nitrogens with zero attached hydrogens (tertiary/aromatic N) is 3. The fraction of sp³-hybridized carbons (Fsp3) is 0. The molecule has 50 heavy (non-hydrogen) atoms. The molecule has 0 saturated carbocycles. The van der Waals surface area contributed by atoms with Gasteiger partial charge in [-0.3, -0.25) is 0 Å². The van der Waals surface area contributed by atoms with E-state index < -0.39 is 0 Å². The summed E-state index contributed by atoms with van der Waals surface area (Å²) in [6.45, 7) is 0. The third kappa shape index (κ3) is 4.18. The minimum absolute atomic E-state index is 0.670. The van der Waals surface area contributed by atoms with Gasteiger partial charge in [0.15, 0.2) is 17.5 Å². The number of benzene rings is 8. The van der Waals surface area contributed by atoms with Gasteiger partial charge in [0, 0.05) is 51.6 Å². The number of thiophene rings is 1. The second-order valence-electron chi connectivity index (χ2n) is 12.8. The Labute approximate surface area is 294 Å². The molecule has 0 atom stereocenters. The van der Waals surface area contributed by atoms with E-state index in [0.29, 0.717) is 17.5 Å². The van der Waals surface area contributed by atoms with Crippen molar-refractivity contribution in [1.82, 2.24) is 15.0 Å². The highest BCUT2D eigenvalue weighted by Gasteiger charge is 2.19. The first-order chi connectivity index (χ1) is 24.8. The topological polar surface area (TPSA) is 38.7 Å². The molecule has 0 bridgehead atoms. The van der Waals surface area contributed by atoms with Gasteiger partial charge in [-0.05, 0) is 55.9 Å². The Morgan fingerprint density at radius 2 is 0.860 bits per heavy atom. The molecule has 0 fully saturated rings. The molecule has 8 aromatic carbocycles. The smallest absolute Gasteiger partial charge is 0.164 e. The van der Waals surface area contributed by atoms with Crippen molar-refractivity contribution >= 4 is 95.3 Å². The normalized spacial score (nSPS) is 12.0. The van der Waals surface area contributed by atoms with Gasteiger partial charge in [-0.25, -0.2) is 15.0 Å². The summed E-state index contributed by atoms with van der Waals surface area (Å²) in [6, 6.07) is 54.2. The first-order valence-electron chi connectivity index (χ1n) is 16.7. The summed E-state index contributed by atoms with van der Waals surface area (Å²) in [5.74, 6) is 2.01. The maximum absolute atomic E-state index is 5.27. The second-order valence-corrected chi connectivity index (χ2v) is 14.9. The Morgan fingerprint density at radius 1 is 0.340 bits per heavy atom. The van der Waals surface area contributed by atoms with E-state index in [1.807, 2.05) is 22.7 Å². The summed E-state index contributed by atoms with van der Waals surface area (Å²) >= 11 is 3.71.